The predicted molar refractivity (Wildman–Crippen MR) is 205 cm³/mol. The number of rotatable bonds is 7. The topological polar surface area (TPSA) is 3.24 Å². The molecule has 1 aliphatic rings. The summed E-state index contributed by atoms with van der Waals surface area (Å²) in [7, 11) is 0. The van der Waals surface area contributed by atoms with Crippen LogP contribution in [-0.4, -0.2) is 0 Å². The molecule has 0 amide bonds. The van der Waals surface area contributed by atoms with Gasteiger partial charge in [-0.15, -0.1) is 0 Å². The Balaban J connectivity index is 1.16. The van der Waals surface area contributed by atoms with Crippen LogP contribution in [0.3, 0.4) is 0 Å². The van der Waals surface area contributed by atoms with E-state index in [-0.39, 0.29) is 0 Å². The number of hydrogen-bond donors (Lipinski definition) is 0. The minimum absolute atomic E-state index is 0.396. The molecule has 7 aromatic carbocycles. The number of hydrogen-bond acceptors (Lipinski definition) is 1. The van der Waals surface area contributed by atoms with E-state index < -0.39 is 0 Å². The molecule has 0 aliphatic heterocycles. The van der Waals surface area contributed by atoms with Gasteiger partial charge in [-0.05, 0) is 86.1 Å². The molecule has 0 saturated heterocycles. The van der Waals surface area contributed by atoms with Crippen molar-refractivity contribution in [1.29, 1.82) is 0 Å². The minimum Gasteiger partial charge on any atom is -0.313 e. The van der Waals surface area contributed by atoms with E-state index in [1.54, 1.807) is 0 Å². The van der Waals surface area contributed by atoms with Crippen LogP contribution in [0.1, 0.15) is 30.0 Å². The lowest BCUT2D eigenvalue weighted by molar-refractivity contribution is 0.754. The number of fused-ring (bicyclic) bond motifs is 2. The highest BCUT2D eigenvalue weighted by Crippen LogP contribution is 2.37. The van der Waals surface area contributed by atoms with Crippen LogP contribution in [0.15, 0.2) is 176 Å². The molecule has 7 aromatic rings. The van der Waals surface area contributed by atoms with E-state index in [4.69, 9.17) is 0 Å². The predicted octanol–water partition coefficient (Wildman–Crippen LogP) is 10.9. The van der Waals surface area contributed by atoms with Crippen LogP contribution in [0.5, 0.6) is 0 Å². The summed E-state index contributed by atoms with van der Waals surface area (Å²) < 4.78 is 0. The standard InChI is InChI=1S/C47H37N/c1-34-23-24-39-16-9-11-22-45(39)47(34)48(42-19-6-3-7-20-42)43-31-29-36(30-32-43)35-25-27-40(28-26-35)46(38-13-4-2-5-14-38)33-41-18-12-17-37-15-8-10-21-44(37)41/h2-22,24-34H,23H2,1H3/b46-33+. The van der Waals surface area contributed by atoms with E-state index in [0.29, 0.717) is 5.92 Å². The first-order valence-corrected chi connectivity index (χ1v) is 16.8. The van der Waals surface area contributed by atoms with Crippen LogP contribution in [0.2, 0.25) is 0 Å². The van der Waals surface area contributed by atoms with Crippen LogP contribution < -0.4 is 15.3 Å². The first-order chi connectivity index (χ1) is 23.7. The van der Waals surface area contributed by atoms with Gasteiger partial charge in [-0.3, -0.25) is 0 Å². The van der Waals surface area contributed by atoms with E-state index >= 15 is 0 Å². The molecule has 48 heavy (non-hydrogen) atoms. The smallest absolute Gasteiger partial charge is 0.0459 e. The Kier molecular flexibility index (Phi) is 8.02. The Morgan fingerprint density at radius 1 is 0.542 bits per heavy atom. The van der Waals surface area contributed by atoms with Gasteiger partial charge in [0.2, 0.25) is 0 Å². The molecule has 0 radical (unpaired) electrons. The van der Waals surface area contributed by atoms with Crippen LogP contribution in [0.25, 0.3) is 45.3 Å². The van der Waals surface area contributed by atoms with E-state index in [2.05, 4.69) is 200 Å². The van der Waals surface area contributed by atoms with Crippen LogP contribution in [0.4, 0.5) is 11.4 Å². The molecule has 8 rings (SSSR count). The van der Waals surface area contributed by atoms with Gasteiger partial charge in [-0.1, -0.05) is 165 Å². The molecule has 230 valence electrons. The number of para-hydroxylation sites is 1. The zero-order valence-corrected chi connectivity index (χ0v) is 27.1. The minimum atomic E-state index is 0.396. The average molecular weight is 616 g/mol. The summed E-state index contributed by atoms with van der Waals surface area (Å²) in [5, 5.41) is 5.14. The first-order valence-electron chi connectivity index (χ1n) is 16.8. The van der Waals surface area contributed by atoms with Crippen molar-refractivity contribution in [2.45, 2.75) is 13.3 Å². The summed E-state index contributed by atoms with van der Waals surface area (Å²) in [5.74, 6) is 0.396. The van der Waals surface area contributed by atoms with Gasteiger partial charge in [0, 0.05) is 28.2 Å². The average Bonchev–Trinajstić information content (AvgIpc) is 3.16. The lowest BCUT2D eigenvalue weighted by Crippen LogP contribution is -2.38. The third-order valence-corrected chi connectivity index (χ3v) is 9.51. The molecule has 0 heterocycles. The van der Waals surface area contributed by atoms with Crippen molar-refractivity contribution in [3.63, 3.8) is 0 Å². The van der Waals surface area contributed by atoms with Gasteiger partial charge in [-0.2, -0.15) is 0 Å². The molecule has 0 aromatic heterocycles. The van der Waals surface area contributed by atoms with Gasteiger partial charge in [-0.25, -0.2) is 0 Å². The van der Waals surface area contributed by atoms with Gasteiger partial charge >= 0.3 is 0 Å². The second-order valence-corrected chi connectivity index (χ2v) is 12.6. The lowest BCUT2D eigenvalue weighted by atomic mass is 9.92. The van der Waals surface area contributed by atoms with Crippen LogP contribution >= 0.6 is 0 Å². The molecule has 0 spiro atoms. The highest BCUT2D eigenvalue weighted by Gasteiger charge is 2.22. The molecule has 0 fully saturated rings. The maximum atomic E-state index is 2.45. The van der Waals surface area contributed by atoms with E-state index in [9.17, 15) is 0 Å². The Labute approximate surface area is 283 Å². The van der Waals surface area contributed by atoms with Crippen LogP contribution in [0, 0.1) is 5.92 Å². The Bertz CT molecular complexity index is 2340. The fourth-order valence-corrected chi connectivity index (χ4v) is 7.06. The zero-order valence-electron chi connectivity index (χ0n) is 27.1. The molecule has 1 nitrogen and oxygen atoms in total. The van der Waals surface area contributed by atoms with Gasteiger partial charge < -0.3 is 4.90 Å². The fourth-order valence-electron chi connectivity index (χ4n) is 7.06. The molecule has 0 saturated carbocycles. The summed E-state index contributed by atoms with van der Waals surface area (Å²) in [6.07, 6.45) is 5.74. The molecular formula is C47H37N. The number of nitrogens with zero attached hydrogens (tertiary/aromatic N) is 1. The van der Waals surface area contributed by atoms with Gasteiger partial charge in [0.05, 0.1) is 0 Å². The quantitative estimate of drug-likeness (QED) is 0.161. The van der Waals surface area contributed by atoms with E-state index in [0.717, 1.165) is 6.42 Å². The van der Waals surface area contributed by atoms with Crippen molar-refractivity contribution < 1.29 is 0 Å². The molecular weight excluding hydrogens is 579 g/mol. The monoisotopic (exact) mass is 615 g/mol. The van der Waals surface area contributed by atoms with Crippen molar-refractivity contribution in [3.8, 4) is 11.1 Å². The van der Waals surface area contributed by atoms with Crippen molar-refractivity contribution in [3.05, 3.63) is 203 Å². The van der Waals surface area contributed by atoms with Crippen molar-refractivity contribution in [2.24, 2.45) is 5.92 Å². The molecule has 1 unspecified atom stereocenters. The zero-order chi connectivity index (χ0) is 32.3. The van der Waals surface area contributed by atoms with Crippen molar-refractivity contribution >= 4 is 45.6 Å². The van der Waals surface area contributed by atoms with Crippen molar-refractivity contribution in [2.75, 3.05) is 4.90 Å². The third kappa shape index (κ3) is 5.76. The second-order valence-electron chi connectivity index (χ2n) is 12.6. The molecule has 0 bridgehead atoms. The summed E-state index contributed by atoms with van der Waals surface area (Å²) in [4.78, 5) is 2.45. The van der Waals surface area contributed by atoms with Gasteiger partial charge in [0.25, 0.3) is 0 Å². The lowest BCUT2D eigenvalue weighted by Gasteiger charge is -2.33. The maximum Gasteiger partial charge on any atom is 0.0459 e. The Hall–Kier alpha value is -5.92. The third-order valence-electron chi connectivity index (χ3n) is 9.51. The van der Waals surface area contributed by atoms with Crippen LogP contribution in [-0.2, 0) is 0 Å². The fraction of sp³-hybridized carbons (Fsp3) is 0.0638. The Morgan fingerprint density at radius 3 is 1.90 bits per heavy atom. The van der Waals surface area contributed by atoms with E-state index in [1.807, 2.05) is 0 Å². The summed E-state index contributed by atoms with van der Waals surface area (Å²) in [6, 6.07) is 63.5. The molecule has 1 heteroatoms. The SMILES string of the molecule is CC1CC=c2ccccc2=C1N(c1ccccc1)c1ccc(-c2ccc(/C(=C/c3cccc4ccccc34)c3ccccc3)cc2)cc1. The normalized spacial score (nSPS) is 14.3. The van der Waals surface area contributed by atoms with E-state index in [1.165, 1.54) is 71.7 Å². The first kappa shape index (κ1) is 29.5. The Morgan fingerprint density at radius 2 is 1.12 bits per heavy atom. The molecule has 0 N–H and O–H groups in total. The van der Waals surface area contributed by atoms with Crippen molar-refractivity contribution in [1.82, 2.24) is 0 Å². The highest BCUT2D eigenvalue weighted by molar-refractivity contribution is 5.99. The molecule has 1 atom stereocenters. The number of anilines is 2. The molecule has 1 aliphatic carbocycles. The van der Waals surface area contributed by atoms with Gasteiger partial charge in [0.1, 0.15) is 0 Å². The summed E-state index contributed by atoms with van der Waals surface area (Å²) in [5.41, 5.74) is 10.9. The largest absolute Gasteiger partial charge is 0.313 e. The summed E-state index contributed by atoms with van der Waals surface area (Å²) >= 11 is 0. The maximum absolute atomic E-state index is 2.45. The van der Waals surface area contributed by atoms with Gasteiger partial charge in [0.15, 0.2) is 0 Å². The number of benzene rings is 7. The summed E-state index contributed by atoms with van der Waals surface area (Å²) in [6.45, 7) is 2.34. The second kappa shape index (κ2) is 13.1. The highest BCUT2D eigenvalue weighted by atomic mass is 15.2.